The maximum absolute atomic E-state index is 13.1. The number of ether oxygens (including phenoxy) is 1. The van der Waals surface area contributed by atoms with Crippen molar-refractivity contribution < 1.29 is 9.53 Å². The molecule has 34 heavy (non-hydrogen) atoms. The highest BCUT2D eigenvalue weighted by molar-refractivity contribution is 5.83. The summed E-state index contributed by atoms with van der Waals surface area (Å²) >= 11 is 0. The highest BCUT2D eigenvalue weighted by Gasteiger charge is 2.28. The summed E-state index contributed by atoms with van der Waals surface area (Å²) < 4.78 is 5.52. The summed E-state index contributed by atoms with van der Waals surface area (Å²) in [5.74, 6) is 3.35. The SMILES string of the molecule is C#CCOc1cccc(CNC2CCCC(N(CC)C(=O)CNc3ccc(N)cc3N=C)C2)c1. The first-order chi connectivity index (χ1) is 16.5. The predicted molar refractivity (Wildman–Crippen MR) is 140 cm³/mol. The molecule has 0 spiro atoms. The topological polar surface area (TPSA) is 92.0 Å². The molecule has 7 nitrogen and oxygen atoms in total. The molecule has 4 N–H and O–H groups in total. The number of nitrogens with two attached hydrogens (primary N) is 1. The van der Waals surface area contributed by atoms with E-state index >= 15 is 0 Å². The summed E-state index contributed by atoms with van der Waals surface area (Å²) in [6.45, 7) is 7.53. The molecule has 0 aliphatic heterocycles. The molecular weight excluding hydrogens is 426 g/mol. The first-order valence-corrected chi connectivity index (χ1v) is 11.8. The van der Waals surface area contributed by atoms with E-state index in [2.05, 4.69) is 34.3 Å². The maximum Gasteiger partial charge on any atom is 0.242 e. The van der Waals surface area contributed by atoms with E-state index in [1.165, 1.54) is 0 Å². The quantitative estimate of drug-likeness (QED) is 0.268. The molecule has 0 aromatic heterocycles. The first kappa shape index (κ1) is 25.1. The lowest BCUT2D eigenvalue weighted by molar-refractivity contribution is -0.132. The Labute approximate surface area is 202 Å². The molecular formula is C27H35N5O2. The van der Waals surface area contributed by atoms with Gasteiger partial charge in [-0.15, -0.1) is 6.42 Å². The van der Waals surface area contributed by atoms with Gasteiger partial charge in [0.2, 0.25) is 5.91 Å². The maximum atomic E-state index is 13.1. The lowest BCUT2D eigenvalue weighted by Gasteiger charge is -2.37. The zero-order valence-corrected chi connectivity index (χ0v) is 19.9. The number of rotatable bonds is 11. The molecule has 2 unspecified atom stereocenters. The van der Waals surface area contributed by atoms with E-state index in [1.807, 2.05) is 36.1 Å². The van der Waals surface area contributed by atoms with Crippen LogP contribution in [0.4, 0.5) is 17.1 Å². The number of hydrogen-bond donors (Lipinski definition) is 3. The van der Waals surface area contributed by atoms with E-state index in [0.717, 1.165) is 49.2 Å². The Hall–Kier alpha value is -3.50. The molecule has 0 bridgehead atoms. The Morgan fingerprint density at radius 2 is 2.18 bits per heavy atom. The van der Waals surface area contributed by atoms with Crippen molar-refractivity contribution in [1.29, 1.82) is 0 Å². The van der Waals surface area contributed by atoms with Crippen molar-refractivity contribution in [1.82, 2.24) is 10.2 Å². The molecule has 7 heteroatoms. The minimum atomic E-state index is 0.0818. The summed E-state index contributed by atoms with van der Waals surface area (Å²) in [6.07, 6.45) is 9.43. The molecule has 1 aliphatic rings. The van der Waals surface area contributed by atoms with Gasteiger partial charge in [-0.2, -0.15) is 0 Å². The fourth-order valence-corrected chi connectivity index (χ4v) is 4.50. The summed E-state index contributed by atoms with van der Waals surface area (Å²) in [4.78, 5) is 19.1. The highest BCUT2D eigenvalue weighted by atomic mass is 16.5. The average molecular weight is 462 g/mol. The summed E-state index contributed by atoms with van der Waals surface area (Å²) in [5, 5.41) is 6.87. The molecule has 1 aliphatic carbocycles. The lowest BCUT2D eigenvalue weighted by Crippen LogP contribution is -2.48. The van der Waals surface area contributed by atoms with E-state index in [1.54, 1.807) is 12.1 Å². The summed E-state index contributed by atoms with van der Waals surface area (Å²) in [5.41, 5.74) is 8.98. The average Bonchev–Trinajstić information content (AvgIpc) is 2.86. The number of likely N-dealkylation sites (N-methyl/N-ethyl adjacent to an activating group) is 1. The number of hydrogen-bond acceptors (Lipinski definition) is 6. The van der Waals surface area contributed by atoms with Gasteiger partial charge >= 0.3 is 0 Å². The van der Waals surface area contributed by atoms with Crippen molar-refractivity contribution in [2.45, 2.75) is 51.2 Å². The van der Waals surface area contributed by atoms with Crippen LogP contribution >= 0.6 is 0 Å². The van der Waals surface area contributed by atoms with Crippen LogP contribution < -0.4 is 21.1 Å². The minimum absolute atomic E-state index is 0.0818. The number of aliphatic imine (C=N–C) groups is 1. The molecule has 0 radical (unpaired) electrons. The lowest BCUT2D eigenvalue weighted by atomic mass is 9.89. The van der Waals surface area contributed by atoms with Crippen LogP contribution in [0.5, 0.6) is 5.75 Å². The van der Waals surface area contributed by atoms with E-state index in [0.29, 0.717) is 24.0 Å². The van der Waals surface area contributed by atoms with Crippen LogP contribution in [0, 0.1) is 12.3 Å². The highest BCUT2D eigenvalue weighted by Crippen LogP contribution is 2.27. The number of benzene rings is 2. The van der Waals surface area contributed by atoms with Crippen molar-refractivity contribution in [2.24, 2.45) is 4.99 Å². The standard InChI is InChI=1S/C27H35N5O2/c1-4-14-34-24-11-6-8-20(15-24)18-30-22-9-7-10-23(17-22)32(5-2)27(33)19-31-25-13-12-21(28)16-26(25)29-3/h1,6,8,11-13,15-16,22-23,30-31H,3,5,7,9-10,14,17-19,28H2,2H3. The van der Waals surface area contributed by atoms with Crippen LogP contribution in [0.1, 0.15) is 38.2 Å². The van der Waals surface area contributed by atoms with Gasteiger partial charge in [-0.25, -0.2) is 0 Å². The van der Waals surface area contributed by atoms with Crippen molar-refractivity contribution in [3.63, 3.8) is 0 Å². The second-order valence-electron chi connectivity index (χ2n) is 8.51. The van der Waals surface area contributed by atoms with Crippen molar-refractivity contribution in [3.05, 3.63) is 48.0 Å². The molecule has 3 rings (SSSR count). The van der Waals surface area contributed by atoms with E-state index in [9.17, 15) is 4.79 Å². The first-order valence-electron chi connectivity index (χ1n) is 11.8. The molecule has 2 aromatic carbocycles. The molecule has 1 fully saturated rings. The van der Waals surface area contributed by atoms with Crippen LogP contribution in [0.3, 0.4) is 0 Å². The Morgan fingerprint density at radius 1 is 1.32 bits per heavy atom. The monoisotopic (exact) mass is 461 g/mol. The van der Waals surface area contributed by atoms with Gasteiger partial charge in [0.15, 0.2) is 0 Å². The molecule has 1 saturated carbocycles. The van der Waals surface area contributed by atoms with Gasteiger partial charge in [0.05, 0.1) is 17.9 Å². The minimum Gasteiger partial charge on any atom is -0.481 e. The van der Waals surface area contributed by atoms with Crippen LogP contribution in [0.2, 0.25) is 0 Å². The van der Waals surface area contributed by atoms with Gasteiger partial charge < -0.3 is 26.0 Å². The van der Waals surface area contributed by atoms with E-state index < -0.39 is 0 Å². The van der Waals surface area contributed by atoms with Crippen LogP contribution in [0.15, 0.2) is 47.5 Å². The fraction of sp³-hybridized carbons (Fsp3) is 0.407. The Morgan fingerprint density at radius 3 is 2.94 bits per heavy atom. The fourth-order valence-electron chi connectivity index (χ4n) is 4.50. The smallest absolute Gasteiger partial charge is 0.242 e. The third-order valence-corrected chi connectivity index (χ3v) is 6.19. The molecule has 2 aromatic rings. The molecule has 2 atom stereocenters. The van der Waals surface area contributed by atoms with Gasteiger partial charge in [0, 0.05) is 30.9 Å². The van der Waals surface area contributed by atoms with Gasteiger partial charge in [0.25, 0.3) is 0 Å². The normalized spacial score (nSPS) is 17.4. The number of nitrogens with zero attached hydrogens (tertiary/aromatic N) is 2. The molecule has 180 valence electrons. The Bertz CT molecular complexity index is 1020. The van der Waals surface area contributed by atoms with Crippen molar-refractivity contribution in [3.8, 4) is 18.1 Å². The summed E-state index contributed by atoms with van der Waals surface area (Å²) in [6, 6.07) is 13.9. The van der Waals surface area contributed by atoms with E-state index in [-0.39, 0.29) is 25.1 Å². The molecule has 0 saturated heterocycles. The largest absolute Gasteiger partial charge is 0.481 e. The van der Waals surface area contributed by atoms with Gasteiger partial charge in [-0.3, -0.25) is 9.79 Å². The zero-order valence-electron chi connectivity index (χ0n) is 19.9. The molecule has 1 amide bonds. The van der Waals surface area contributed by atoms with Gasteiger partial charge in [0.1, 0.15) is 12.4 Å². The third-order valence-electron chi connectivity index (χ3n) is 6.19. The van der Waals surface area contributed by atoms with Crippen LogP contribution in [0.25, 0.3) is 0 Å². The van der Waals surface area contributed by atoms with E-state index in [4.69, 9.17) is 16.9 Å². The predicted octanol–water partition coefficient (Wildman–Crippen LogP) is 3.97. The van der Waals surface area contributed by atoms with Crippen molar-refractivity contribution >= 4 is 29.7 Å². The van der Waals surface area contributed by atoms with Gasteiger partial charge in [-0.05, 0) is 75.2 Å². The van der Waals surface area contributed by atoms with Gasteiger partial charge in [-0.1, -0.05) is 18.1 Å². The number of carbonyl (C=O) groups excluding carboxylic acids is 1. The third kappa shape index (κ3) is 7.00. The number of nitrogens with one attached hydrogen (secondary N) is 2. The van der Waals surface area contributed by atoms with Crippen molar-refractivity contribution in [2.75, 3.05) is 30.7 Å². The number of anilines is 2. The number of nitrogen functional groups attached to an aromatic ring is 1. The second kappa shape index (κ2) is 12.7. The van der Waals surface area contributed by atoms with Crippen LogP contribution in [-0.2, 0) is 11.3 Å². The molecule has 0 heterocycles. The second-order valence-corrected chi connectivity index (χ2v) is 8.51. The Kier molecular flexibility index (Phi) is 9.36. The number of carbonyl (C=O) groups is 1. The summed E-state index contributed by atoms with van der Waals surface area (Å²) in [7, 11) is 0. The van der Waals surface area contributed by atoms with Crippen LogP contribution in [-0.4, -0.2) is 49.3 Å². The Balaban J connectivity index is 1.54. The zero-order chi connectivity index (χ0) is 24.3. The number of terminal acetylenes is 1. The number of amides is 1.